The third-order valence-electron chi connectivity index (χ3n) is 6.27. The van der Waals surface area contributed by atoms with E-state index in [0.29, 0.717) is 17.1 Å². The predicted molar refractivity (Wildman–Crippen MR) is 119 cm³/mol. The van der Waals surface area contributed by atoms with E-state index in [1.165, 1.54) is 16.0 Å². The van der Waals surface area contributed by atoms with Gasteiger partial charge in [-0.05, 0) is 73.6 Å². The molecule has 0 saturated carbocycles. The van der Waals surface area contributed by atoms with Gasteiger partial charge in [-0.1, -0.05) is 18.2 Å². The minimum atomic E-state index is -0.806. The van der Waals surface area contributed by atoms with E-state index in [0.717, 1.165) is 31.2 Å². The molecule has 1 aliphatic heterocycles. The van der Waals surface area contributed by atoms with Crippen LogP contribution >= 0.6 is 0 Å². The standard InChI is InChI=1S/C26H24N2O4/c1-16-8-11-21(32-16)23-22(24(29)20-10-9-18-6-2-3-7-19(18)13-20)25(30)26(31)28(23)15-17-5-4-12-27-14-17/h4-5,8-14,23,29H,2-3,6-7,15H2,1H3/b24-22-. The maximum absolute atomic E-state index is 13.1. The number of nitrogens with zero attached hydrogens (tertiary/aromatic N) is 2. The van der Waals surface area contributed by atoms with Crippen LogP contribution in [0.25, 0.3) is 5.76 Å². The molecule has 6 nitrogen and oxygen atoms in total. The third kappa shape index (κ3) is 3.51. The summed E-state index contributed by atoms with van der Waals surface area (Å²) in [6.45, 7) is 1.99. The maximum Gasteiger partial charge on any atom is 0.296 e. The number of hydrogen-bond acceptors (Lipinski definition) is 5. The van der Waals surface area contributed by atoms with Crippen LogP contribution in [0.5, 0.6) is 0 Å². The molecule has 0 spiro atoms. The molecule has 1 unspecified atom stereocenters. The quantitative estimate of drug-likeness (QED) is 0.376. The zero-order valence-corrected chi connectivity index (χ0v) is 17.9. The van der Waals surface area contributed by atoms with Gasteiger partial charge in [0, 0.05) is 24.5 Å². The molecule has 162 valence electrons. The van der Waals surface area contributed by atoms with Gasteiger partial charge in [0.1, 0.15) is 23.3 Å². The van der Waals surface area contributed by atoms with Gasteiger partial charge >= 0.3 is 0 Å². The fourth-order valence-electron chi connectivity index (χ4n) is 4.66. The van der Waals surface area contributed by atoms with Crippen LogP contribution in [-0.4, -0.2) is 26.7 Å². The fourth-order valence-corrected chi connectivity index (χ4v) is 4.66. The topological polar surface area (TPSA) is 83.6 Å². The minimum Gasteiger partial charge on any atom is -0.507 e. The number of carbonyl (C=O) groups excluding carboxylic acids is 2. The summed E-state index contributed by atoms with van der Waals surface area (Å²) in [6.07, 6.45) is 7.56. The Kier molecular flexibility index (Phi) is 5.13. The SMILES string of the molecule is Cc1ccc(C2/C(=C(/O)c3ccc4c(c3)CCCC4)C(=O)C(=O)N2Cc2cccnc2)o1. The van der Waals surface area contributed by atoms with Crippen LogP contribution in [0.3, 0.4) is 0 Å². The van der Waals surface area contributed by atoms with Gasteiger partial charge in [0.2, 0.25) is 0 Å². The number of pyridine rings is 1. The molecule has 0 radical (unpaired) electrons. The Bertz CT molecular complexity index is 1230. The second-order valence-corrected chi connectivity index (χ2v) is 8.43. The molecule has 3 heterocycles. The van der Waals surface area contributed by atoms with Gasteiger partial charge in [0.25, 0.3) is 11.7 Å². The lowest BCUT2D eigenvalue weighted by Gasteiger charge is -2.23. The van der Waals surface area contributed by atoms with E-state index in [1.54, 1.807) is 37.5 Å². The number of ketones is 1. The van der Waals surface area contributed by atoms with Crippen molar-refractivity contribution in [1.82, 2.24) is 9.88 Å². The highest BCUT2D eigenvalue weighted by Gasteiger charge is 2.47. The highest BCUT2D eigenvalue weighted by molar-refractivity contribution is 6.46. The van der Waals surface area contributed by atoms with Crippen molar-refractivity contribution >= 4 is 17.4 Å². The number of hydrogen-bond donors (Lipinski definition) is 1. The highest BCUT2D eigenvalue weighted by Crippen LogP contribution is 2.41. The number of likely N-dealkylation sites (tertiary alicyclic amines) is 1. The van der Waals surface area contributed by atoms with Crippen molar-refractivity contribution < 1.29 is 19.1 Å². The summed E-state index contributed by atoms with van der Waals surface area (Å²) in [4.78, 5) is 31.7. The smallest absolute Gasteiger partial charge is 0.296 e. The molecule has 2 aliphatic rings. The highest BCUT2D eigenvalue weighted by atomic mass is 16.3. The molecular weight excluding hydrogens is 404 g/mol. The second kappa shape index (κ2) is 8.11. The van der Waals surface area contributed by atoms with Crippen molar-refractivity contribution in [3.05, 3.63) is 94.2 Å². The summed E-state index contributed by atoms with van der Waals surface area (Å²) < 4.78 is 5.83. The van der Waals surface area contributed by atoms with Gasteiger partial charge in [-0.3, -0.25) is 14.6 Å². The van der Waals surface area contributed by atoms with Crippen molar-refractivity contribution in [2.45, 2.75) is 45.2 Å². The Morgan fingerprint density at radius 3 is 2.66 bits per heavy atom. The molecule has 3 aromatic rings. The van der Waals surface area contributed by atoms with E-state index in [4.69, 9.17) is 4.42 Å². The van der Waals surface area contributed by atoms with E-state index < -0.39 is 17.7 Å². The first-order chi connectivity index (χ1) is 15.5. The number of aliphatic hydroxyl groups excluding tert-OH is 1. The molecule has 1 aliphatic carbocycles. The number of aryl methyl sites for hydroxylation is 3. The summed E-state index contributed by atoms with van der Waals surface area (Å²) in [5, 5.41) is 11.3. The third-order valence-corrected chi connectivity index (χ3v) is 6.27. The first kappa shape index (κ1) is 20.2. The minimum absolute atomic E-state index is 0.0593. The van der Waals surface area contributed by atoms with Crippen LogP contribution in [0.2, 0.25) is 0 Å². The Morgan fingerprint density at radius 1 is 1.12 bits per heavy atom. The van der Waals surface area contributed by atoms with Gasteiger partial charge in [0.15, 0.2) is 0 Å². The number of amides is 1. The lowest BCUT2D eigenvalue weighted by Crippen LogP contribution is -2.29. The molecule has 1 atom stereocenters. The van der Waals surface area contributed by atoms with Crippen LogP contribution in [0.1, 0.15) is 52.7 Å². The molecule has 5 rings (SSSR count). The molecule has 32 heavy (non-hydrogen) atoms. The number of aliphatic hydroxyl groups is 1. The van der Waals surface area contributed by atoms with E-state index in [2.05, 4.69) is 4.98 Å². The van der Waals surface area contributed by atoms with Gasteiger partial charge in [-0.15, -0.1) is 0 Å². The predicted octanol–water partition coefficient (Wildman–Crippen LogP) is 4.48. The summed E-state index contributed by atoms with van der Waals surface area (Å²) in [6, 6.07) is 12.2. The summed E-state index contributed by atoms with van der Waals surface area (Å²) in [5.41, 5.74) is 3.87. The number of carbonyl (C=O) groups is 2. The molecule has 2 aromatic heterocycles. The lowest BCUT2D eigenvalue weighted by atomic mass is 9.89. The average Bonchev–Trinajstić information content (AvgIpc) is 3.35. The Labute approximate surface area is 186 Å². The Morgan fingerprint density at radius 2 is 1.94 bits per heavy atom. The Hall–Kier alpha value is -3.67. The zero-order valence-electron chi connectivity index (χ0n) is 17.9. The van der Waals surface area contributed by atoms with Crippen LogP contribution in [-0.2, 0) is 29.0 Å². The molecule has 1 N–H and O–H groups in total. The Balaban J connectivity index is 1.62. The van der Waals surface area contributed by atoms with Crippen LogP contribution in [0, 0.1) is 6.92 Å². The second-order valence-electron chi connectivity index (χ2n) is 8.43. The summed E-state index contributed by atoms with van der Waals surface area (Å²) >= 11 is 0. The van der Waals surface area contributed by atoms with Crippen molar-refractivity contribution in [1.29, 1.82) is 0 Å². The molecule has 1 fully saturated rings. The number of furan rings is 1. The van der Waals surface area contributed by atoms with E-state index >= 15 is 0 Å². The molecule has 1 saturated heterocycles. The molecular formula is C26H24N2O4. The summed E-state index contributed by atoms with van der Waals surface area (Å²) in [7, 11) is 0. The number of aromatic nitrogens is 1. The number of benzene rings is 1. The monoisotopic (exact) mass is 428 g/mol. The molecule has 6 heteroatoms. The van der Waals surface area contributed by atoms with Crippen LogP contribution in [0.4, 0.5) is 0 Å². The number of Topliss-reactive ketones (excluding diaryl/α,β-unsaturated/α-hetero) is 1. The van der Waals surface area contributed by atoms with Gasteiger partial charge < -0.3 is 14.4 Å². The number of fused-ring (bicyclic) bond motifs is 1. The van der Waals surface area contributed by atoms with E-state index in [-0.39, 0.29) is 17.9 Å². The zero-order chi connectivity index (χ0) is 22.2. The van der Waals surface area contributed by atoms with Crippen LogP contribution < -0.4 is 0 Å². The van der Waals surface area contributed by atoms with Gasteiger partial charge in [-0.2, -0.15) is 0 Å². The number of rotatable bonds is 4. The fraction of sp³-hybridized carbons (Fsp3) is 0.269. The normalized spacial score (nSPS) is 19.9. The van der Waals surface area contributed by atoms with Crippen molar-refractivity contribution in [3.8, 4) is 0 Å². The average molecular weight is 428 g/mol. The maximum atomic E-state index is 13.1. The van der Waals surface area contributed by atoms with E-state index in [1.807, 2.05) is 24.3 Å². The van der Waals surface area contributed by atoms with Crippen molar-refractivity contribution in [2.24, 2.45) is 0 Å². The first-order valence-corrected chi connectivity index (χ1v) is 10.9. The van der Waals surface area contributed by atoms with Crippen LogP contribution in [0.15, 0.2) is 64.8 Å². The van der Waals surface area contributed by atoms with Gasteiger partial charge in [0.05, 0.1) is 5.57 Å². The first-order valence-electron chi connectivity index (χ1n) is 10.9. The van der Waals surface area contributed by atoms with Gasteiger partial charge in [-0.25, -0.2) is 0 Å². The molecule has 1 aromatic carbocycles. The van der Waals surface area contributed by atoms with Crippen molar-refractivity contribution in [2.75, 3.05) is 0 Å². The lowest BCUT2D eigenvalue weighted by molar-refractivity contribution is -0.140. The van der Waals surface area contributed by atoms with Crippen molar-refractivity contribution in [3.63, 3.8) is 0 Å². The molecule has 0 bridgehead atoms. The summed E-state index contributed by atoms with van der Waals surface area (Å²) in [5.74, 6) is -0.411. The largest absolute Gasteiger partial charge is 0.507 e. The molecule has 1 amide bonds. The van der Waals surface area contributed by atoms with E-state index in [9.17, 15) is 14.7 Å².